The van der Waals surface area contributed by atoms with Gasteiger partial charge in [-0.2, -0.15) is 0 Å². The molecule has 0 aromatic carbocycles. The number of allylic oxidation sites excluding steroid dienone is 2. The third-order valence-electron chi connectivity index (χ3n) is 0.828. The second-order valence-corrected chi connectivity index (χ2v) is 2.07. The van der Waals surface area contributed by atoms with Gasteiger partial charge in [0, 0.05) is 0 Å². The Morgan fingerprint density at radius 3 is 2.12 bits per heavy atom. The average Bonchev–Trinajstić information content (AvgIpc) is 1.65. The molecule has 0 aliphatic heterocycles. The molecule has 8 heavy (non-hydrogen) atoms. The van der Waals surface area contributed by atoms with Gasteiger partial charge in [-0.3, -0.25) is 0 Å². The molecule has 0 radical (unpaired) electrons. The van der Waals surface area contributed by atoms with E-state index in [9.17, 15) is 0 Å². The quantitative estimate of drug-likeness (QED) is 0.501. The Morgan fingerprint density at radius 1 is 1.50 bits per heavy atom. The van der Waals surface area contributed by atoms with Crippen molar-refractivity contribution in [2.75, 3.05) is 0 Å². The summed E-state index contributed by atoms with van der Waals surface area (Å²) in [5.74, 6) is 1.00. The van der Waals surface area contributed by atoms with Crippen molar-refractivity contribution in [3.8, 4) is 0 Å². The summed E-state index contributed by atoms with van der Waals surface area (Å²) in [5, 5.41) is 0. The molecule has 0 atom stereocenters. The Hall–Kier alpha value is -0.460. The summed E-state index contributed by atoms with van der Waals surface area (Å²) >= 11 is 0. The largest absolute Gasteiger partial charge is 0.496 e. The minimum Gasteiger partial charge on any atom is -0.496 e. The molecule has 0 saturated carbocycles. The van der Waals surface area contributed by atoms with E-state index in [-0.39, 0.29) is 0 Å². The lowest BCUT2D eigenvalue weighted by Crippen LogP contribution is -1.98. The molecule has 0 aliphatic rings. The predicted molar refractivity (Wildman–Crippen MR) is 35.7 cm³/mol. The molecule has 0 aliphatic carbocycles. The lowest BCUT2D eigenvalue weighted by Gasteiger charge is -2.07. The van der Waals surface area contributed by atoms with Gasteiger partial charge in [-0.1, -0.05) is 0 Å². The molecule has 0 unspecified atom stereocenters. The third-order valence-corrected chi connectivity index (χ3v) is 0.828. The SMILES string of the molecule is CC=C(C)OC(C)C. The zero-order valence-corrected chi connectivity index (χ0v) is 6.06. The first-order valence-corrected chi connectivity index (χ1v) is 2.96. The van der Waals surface area contributed by atoms with Crippen LogP contribution in [0.5, 0.6) is 0 Å². The van der Waals surface area contributed by atoms with Crippen LogP contribution in [0, 0.1) is 0 Å². The van der Waals surface area contributed by atoms with Gasteiger partial charge in [0.15, 0.2) is 0 Å². The highest BCUT2D eigenvalue weighted by Gasteiger charge is 1.90. The molecule has 48 valence electrons. The van der Waals surface area contributed by atoms with Crippen LogP contribution in [0.2, 0.25) is 0 Å². The van der Waals surface area contributed by atoms with Gasteiger partial charge in [-0.15, -0.1) is 0 Å². The van der Waals surface area contributed by atoms with Crippen LogP contribution < -0.4 is 0 Å². The molecule has 0 spiro atoms. The van der Waals surface area contributed by atoms with Crippen LogP contribution in [0.1, 0.15) is 27.7 Å². The third kappa shape index (κ3) is 3.72. The summed E-state index contributed by atoms with van der Waals surface area (Å²) in [4.78, 5) is 0. The summed E-state index contributed by atoms with van der Waals surface area (Å²) in [5.41, 5.74) is 0. The predicted octanol–water partition coefficient (Wildman–Crippen LogP) is 2.34. The molecule has 0 fully saturated rings. The number of hydrogen-bond donors (Lipinski definition) is 0. The zero-order valence-electron chi connectivity index (χ0n) is 6.06. The normalized spacial score (nSPS) is 12.4. The van der Waals surface area contributed by atoms with E-state index in [4.69, 9.17) is 4.74 Å². The standard InChI is InChI=1S/C7H14O/c1-5-7(4)8-6(2)3/h5-6H,1-4H3. The van der Waals surface area contributed by atoms with E-state index in [1.807, 2.05) is 33.8 Å². The lowest BCUT2D eigenvalue weighted by molar-refractivity contribution is 0.149. The maximum atomic E-state index is 5.26. The van der Waals surface area contributed by atoms with E-state index in [1.54, 1.807) is 0 Å². The Kier molecular flexibility index (Phi) is 3.33. The van der Waals surface area contributed by atoms with Crippen molar-refractivity contribution >= 4 is 0 Å². The highest BCUT2D eigenvalue weighted by atomic mass is 16.5. The van der Waals surface area contributed by atoms with Crippen LogP contribution >= 0.6 is 0 Å². The van der Waals surface area contributed by atoms with Gasteiger partial charge < -0.3 is 4.74 Å². The Morgan fingerprint density at radius 2 is 2.00 bits per heavy atom. The fraction of sp³-hybridized carbons (Fsp3) is 0.714. The Balaban J connectivity index is 3.39. The zero-order chi connectivity index (χ0) is 6.57. The monoisotopic (exact) mass is 114 g/mol. The minimum absolute atomic E-state index is 0.311. The van der Waals surface area contributed by atoms with Gasteiger partial charge in [-0.25, -0.2) is 0 Å². The maximum absolute atomic E-state index is 5.26. The Bertz CT molecular complexity index is 82.4. The van der Waals surface area contributed by atoms with E-state index >= 15 is 0 Å². The van der Waals surface area contributed by atoms with Crippen molar-refractivity contribution < 1.29 is 4.74 Å². The summed E-state index contributed by atoms with van der Waals surface area (Å²) in [7, 11) is 0. The van der Waals surface area contributed by atoms with Gasteiger partial charge in [0.05, 0.1) is 11.9 Å². The summed E-state index contributed by atoms with van der Waals surface area (Å²) in [6.45, 7) is 7.97. The first kappa shape index (κ1) is 7.54. The smallest absolute Gasteiger partial charge is 0.0926 e. The molecule has 0 heterocycles. The number of rotatable bonds is 2. The van der Waals surface area contributed by atoms with Crippen molar-refractivity contribution in [1.82, 2.24) is 0 Å². The fourth-order valence-corrected chi connectivity index (χ4v) is 0.440. The first-order valence-electron chi connectivity index (χ1n) is 2.96. The van der Waals surface area contributed by atoms with Crippen molar-refractivity contribution in [1.29, 1.82) is 0 Å². The molecule has 0 aromatic rings. The molecule has 0 amide bonds. The van der Waals surface area contributed by atoms with Gasteiger partial charge >= 0.3 is 0 Å². The summed E-state index contributed by atoms with van der Waals surface area (Å²) in [6, 6.07) is 0. The molecule has 0 bridgehead atoms. The number of ether oxygens (including phenoxy) is 1. The van der Waals surface area contributed by atoms with Gasteiger partial charge in [-0.05, 0) is 33.8 Å². The van der Waals surface area contributed by atoms with Crippen LogP contribution in [-0.4, -0.2) is 6.10 Å². The first-order chi connectivity index (χ1) is 3.66. The van der Waals surface area contributed by atoms with Crippen molar-refractivity contribution in [3.63, 3.8) is 0 Å². The second kappa shape index (κ2) is 3.53. The molecule has 0 rings (SSSR count). The van der Waals surface area contributed by atoms with Crippen LogP contribution in [0.25, 0.3) is 0 Å². The molecule has 0 aromatic heterocycles. The van der Waals surface area contributed by atoms with Crippen molar-refractivity contribution in [2.24, 2.45) is 0 Å². The molecule has 1 heteroatoms. The van der Waals surface area contributed by atoms with Crippen LogP contribution in [0.3, 0.4) is 0 Å². The lowest BCUT2D eigenvalue weighted by atomic mass is 10.4. The molecule has 1 nitrogen and oxygen atoms in total. The fourth-order valence-electron chi connectivity index (χ4n) is 0.440. The molecule has 0 saturated heterocycles. The van der Waals surface area contributed by atoms with Crippen molar-refractivity contribution in [3.05, 3.63) is 11.8 Å². The summed E-state index contributed by atoms with van der Waals surface area (Å²) < 4.78 is 5.26. The highest BCUT2D eigenvalue weighted by Crippen LogP contribution is 1.98. The van der Waals surface area contributed by atoms with Gasteiger partial charge in [0.1, 0.15) is 0 Å². The van der Waals surface area contributed by atoms with Gasteiger partial charge in [0.2, 0.25) is 0 Å². The van der Waals surface area contributed by atoms with Crippen LogP contribution in [-0.2, 0) is 4.74 Å². The maximum Gasteiger partial charge on any atom is 0.0926 e. The molecule has 0 N–H and O–H groups in total. The Labute approximate surface area is 51.4 Å². The van der Waals surface area contributed by atoms with Crippen LogP contribution in [0.4, 0.5) is 0 Å². The molecular formula is C7H14O. The van der Waals surface area contributed by atoms with Gasteiger partial charge in [0.25, 0.3) is 0 Å². The second-order valence-electron chi connectivity index (χ2n) is 2.07. The topological polar surface area (TPSA) is 9.23 Å². The van der Waals surface area contributed by atoms with E-state index in [2.05, 4.69) is 0 Å². The van der Waals surface area contributed by atoms with E-state index < -0.39 is 0 Å². The van der Waals surface area contributed by atoms with Crippen LogP contribution in [0.15, 0.2) is 11.8 Å². The molecular weight excluding hydrogens is 100 g/mol. The van der Waals surface area contributed by atoms with E-state index in [1.165, 1.54) is 0 Å². The summed E-state index contributed by atoms with van der Waals surface area (Å²) in [6.07, 6.45) is 2.27. The minimum atomic E-state index is 0.311. The van der Waals surface area contributed by atoms with Crippen molar-refractivity contribution in [2.45, 2.75) is 33.8 Å². The highest BCUT2D eigenvalue weighted by molar-refractivity contribution is 4.84. The average molecular weight is 114 g/mol. The number of hydrogen-bond acceptors (Lipinski definition) is 1. The van der Waals surface area contributed by atoms with E-state index in [0.29, 0.717) is 6.10 Å². The van der Waals surface area contributed by atoms with E-state index in [0.717, 1.165) is 5.76 Å².